The van der Waals surface area contributed by atoms with Gasteiger partial charge in [0.25, 0.3) is 0 Å². The lowest BCUT2D eigenvalue weighted by molar-refractivity contribution is 0.0990. The lowest BCUT2D eigenvalue weighted by atomic mass is 9.95. The summed E-state index contributed by atoms with van der Waals surface area (Å²) in [7, 11) is 1.59. The van der Waals surface area contributed by atoms with Crippen molar-refractivity contribution in [3.63, 3.8) is 0 Å². The Morgan fingerprint density at radius 3 is 3.16 bits per heavy atom. The number of ether oxygens (including phenoxy) is 3. The molecule has 0 aromatic heterocycles. The van der Waals surface area contributed by atoms with Gasteiger partial charge in [-0.3, -0.25) is 4.90 Å². The second kappa shape index (κ2) is 4.65. The highest BCUT2D eigenvalue weighted by Gasteiger charge is 2.32. The van der Waals surface area contributed by atoms with Crippen molar-refractivity contribution >= 4 is 0 Å². The molecule has 5 heteroatoms. The maximum Gasteiger partial charge on any atom is 0.231 e. The fraction of sp³-hybridized carbons (Fsp3) is 0.429. The molecule has 2 heterocycles. The Morgan fingerprint density at radius 1 is 1.58 bits per heavy atom. The molecular formula is C14H15NO4. The normalized spacial score (nSPS) is 20.8. The van der Waals surface area contributed by atoms with Crippen molar-refractivity contribution in [3.8, 4) is 29.6 Å². The first kappa shape index (κ1) is 12.2. The largest absolute Gasteiger partial charge is 0.492 e. The zero-order valence-electron chi connectivity index (χ0n) is 10.7. The third-order valence-electron chi connectivity index (χ3n) is 3.45. The van der Waals surface area contributed by atoms with Crippen molar-refractivity contribution in [2.45, 2.75) is 12.6 Å². The van der Waals surface area contributed by atoms with Gasteiger partial charge in [0, 0.05) is 18.7 Å². The second-order valence-corrected chi connectivity index (χ2v) is 4.60. The van der Waals surface area contributed by atoms with Crippen molar-refractivity contribution in [2.75, 3.05) is 27.0 Å². The van der Waals surface area contributed by atoms with Crippen molar-refractivity contribution in [1.82, 2.24) is 4.90 Å². The number of β-amino-alcohol motifs (C(OH)–C–C–N with tert-alkyl or cyclic N) is 1. The van der Waals surface area contributed by atoms with E-state index in [4.69, 9.17) is 20.6 Å². The number of hydrogen-bond donors (Lipinski definition) is 1. The molecule has 1 aromatic carbocycles. The summed E-state index contributed by atoms with van der Waals surface area (Å²) in [6, 6.07) is 1.83. The van der Waals surface area contributed by atoms with Crippen LogP contribution in [0.3, 0.4) is 0 Å². The van der Waals surface area contributed by atoms with Crippen LogP contribution in [0, 0.1) is 12.3 Å². The molecule has 0 radical (unpaired) electrons. The summed E-state index contributed by atoms with van der Waals surface area (Å²) in [6.07, 6.45) is 4.74. The fourth-order valence-electron chi connectivity index (χ4n) is 2.63. The highest BCUT2D eigenvalue weighted by atomic mass is 16.7. The number of methoxy groups -OCH3 is 1. The van der Waals surface area contributed by atoms with Crippen LogP contribution in [0.5, 0.6) is 17.2 Å². The van der Waals surface area contributed by atoms with E-state index in [-0.39, 0.29) is 6.79 Å². The summed E-state index contributed by atoms with van der Waals surface area (Å²) in [4.78, 5) is 2.00. The molecule has 19 heavy (non-hydrogen) atoms. The Kier molecular flexibility index (Phi) is 2.97. The van der Waals surface area contributed by atoms with E-state index in [9.17, 15) is 5.11 Å². The van der Waals surface area contributed by atoms with Crippen LogP contribution in [0.2, 0.25) is 0 Å². The minimum atomic E-state index is -0.597. The predicted molar refractivity (Wildman–Crippen MR) is 68.2 cm³/mol. The lowest BCUT2D eigenvalue weighted by Gasteiger charge is -2.32. The zero-order valence-corrected chi connectivity index (χ0v) is 10.7. The number of aliphatic hydroxyl groups excluding tert-OH is 1. The molecule has 0 saturated carbocycles. The summed E-state index contributed by atoms with van der Waals surface area (Å²) in [5, 5.41) is 10.2. The van der Waals surface area contributed by atoms with Crippen LogP contribution in [0.15, 0.2) is 6.07 Å². The molecule has 2 aliphatic heterocycles. The molecule has 3 rings (SSSR count). The highest BCUT2D eigenvalue weighted by molar-refractivity contribution is 5.61. The molecule has 0 fully saturated rings. The summed E-state index contributed by atoms with van der Waals surface area (Å²) in [6.45, 7) is 1.82. The second-order valence-electron chi connectivity index (χ2n) is 4.60. The fourth-order valence-corrected chi connectivity index (χ4v) is 2.63. The molecule has 0 bridgehead atoms. The number of fused-ring (bicyclic) bond motifs is 2. The number of nitrogens with zero attached hydrogens (tertiary/aromatic N) is 1. The van der Waals surface area contributed by atoms with Gasteiger partial charge in [-0.15, -0.1) is 6.42 Å². The van der Waals surface area contributed by atoms with E-state index in [0.29, 0.717) is 36.9 Å². The average Bonchev–Trinajstić information content (AvgIpc) is 2.85. The number of terminal acetylenes is 1. The Hall–Kier alpha value is -1.90. The van der Waals surface area contributed by atoms with Gasteiger partial charge < -0.3 is 19.3 Å². The summed E-state index contributed by atoms with van der Waals surface area (Å²) >= 11 is 0. The van der Waals surface area contributed by atoms with Crippen LogP contribution in [-0.2, 0) is 6.54 Å². The highest BCUT2D eigenvalue weighted by Crippen LogP contribution is 2.48. The molecule has 1 aromatic rings. The number of hydrogen-bond acceptors (Lipinski definition) is 5. The number of rotatable bonds is 2. The van der Waals surface area contributed by atoms with E-state index in [1.807, 2.05) is 11.0 Å². The van der Waals surface area contributed by atoms with Gasteiger partial charge in [0.15, 0.2) is 11.5 Å². The molecular weight excluding hydrogens is 246 g/mol. The van der Waals surface area contributed by atoms with E-state index < -0.39 is 6.10 Å². The van der Waals surface area contributed by atoms with Crippen molar-refractivity contribution in [2.24, 2.45) is 0 Å². The van der Waals surface area contributed by atoms with Crippen LogP contribution in [-0.4, -0.2) is 37.0 Å². The van der Waals surface area contributed by atoms with Crippen molar-refractivity contribution in [1.29, 1.82) is 0 Å². The van der Waals surface area contributed by atoms with Crippen LogP contribution >= 0.6 is 0 Å². The number of benzene rings is 1. The van der Waals surface area contributed by atoms with E-state index in [0.717, 1.165) is 11.1 Å². The Balaban J connectivity index is 2.08. The first-order chi connectivity index (χ1) is 9.24. The van der Waals surface area contributed by atoms with Crippen LogP contribution in [0.25, 0.3) is 0 Å². The quantitative estimate of drug-likeness (QED) is 0.802. The maximum atomic E-state index is 10.2. The SMILES string of the molecule is C#CCN1Cc2c(cc3c(c2OC)OCO3)C(O)C1. The topological polar surface area (TPSA) is 51.2 Å². The summed E-state index contributed by atoms with van der Waals surface area (Å²) in [5.74, 6) is 4.46. The Bertz CT molecular complexity index is 549. The van der Waals surface area contributed by atoms with Gasteiger partial charge in [0.2, 0.25) is 12.5 Å². The van der Waals surface area contributed by atoms with Gasteiger partial charge in [-0.2, -0.15) is 0 Å². The van der Waals surface area contributed by atoms with Crippen molar-refractivity contribution < 1.29 is 19.3 Å². The molecule has 1 N–H and O–H groups in total. The molecule has 1 unspecified atom stereocenters. The van der Waals surface area contributed by atoms with E-state index >= 15 is 0 Å². The molecule has 0 aliphatic carbocycles. The average molecular weight is 261 g/mol. The van der Waals surface area contributed by atoms with Gasteiger partial charge >= 0.3 is 0 Å². The molecule has 0 amide bonds. The van der Waals surface area contributed by atoms with E-state index in [1.54, 1.807) is 7.11 Å². The summed E-state index contributed by atoms with van der Waals surface area (Å²) in [5.41, 5.74) is 1.75. The molecule has 1 atom stereocenters. The molecule has 0 saturated heterocycles. The van der Waals surface area contributed by atoms with Gasteiger partial charge in [0.1, 0.15) is 0 Å². The number of aliphatic hydroxyl groups is 1. The third kappa shape index (κ3) is 1.89. The molecule has 5 nitrogen and oxygen atoms in total. The minimum absolute atomic E-state index is 0.179. The van der Waals surface area contributed by atoms with E-state index in [1.165, 1.54) is 0 Å². The maximum absolute atomic E-state index is 10.2. The Labute approximate surface area is 111 Å². The third-order valence-corrected chi connectivity index (χ3v) is 3.45. The van der Waals surface area contributed by atoms with Crippen molar-refractivity contribution in [3.05, 3.63) is 17.2 Å². The monoisotopic (exact) mass is 261 g/mol. The minimum Gasteiger partial charge on any atom is -0.492 e. The summed E-state index contributed by atoms with van der Waals surface area (Å²) < 4.78 is 16.2. The van der Waals surface area contributed by atoms with Crippen LogP contribution in [0.1, 0.15) is 17.2 Å². The Morgan fingerprint density at radius 2 is 2.42 bits per heavy atom. The predicted octanol–water partition coefficient (Wildman–Crippen LogP) is 0.906. The smallest absolute Gasteiger partial charge is 0.231 e. The lowest BCUT2D eigenvalue weighted by Crippen LogP contribution is -2.34. The van der Waals surface area contributed by atoms with E-state index in [2.05, 4.69) is 5.92 Å². The van der Waals surface area contributed by atoms with Gasteiger partial charge in [-0.05, 0) is 11.6 Å². The molecule has 100 valence electrons. The standard InChI is InChI=1S/C14H15NO4/c1-3-4-15-6-10-9(11(16)7-15)5-12-14(13(10)17-2)19-8-18-12/h1,5,11,16H,4,6-8H2,2H3. The van der Waals surface area contributed by atoms with Crippen LogP contribution in [0.4, 0.5) is 0 Å². The van der Waals surface area contributed by atoms with Gasteiger partial charge in [-0.1, -0.05) is 5.92 Å². The van der Waals surface area contributed by atoms with Gasteiger partial charge in [0.05, 0.1) is 19.8 Å². The molecule has 0 spiro atoms. The molecule has 2 aliphatic rings. The van der Waals surface area contributed by atoms with Gasteiger partial charge in [-0.25, -0.2) is 0 Å². The first-order valence-corrected chi connectivity index (χ1v) is 6.07. The zero-order chi connectivity index (χ0) is 13.4. The first-order valence-electron chi connectivity index (χ1n) is 6.07. The van der Waals surface area contributed by atoms with Crippen LogP contribution < -0.4 is 14.2 Å².